The van der Waals surface area contributed by atoms with E-state index in [1.165, 1.54) is 23.4 Å². The van der Waals surface area contributed by atoms with Crippen LogP contribution in [-0.2, 0) is 12.1 Å². The second-order valence-corrected chi connectivity index (χ2v) is 6.72. The van der Waals surface area contributed by atoms with Gasteiger partial charge in [0, 0.05) is 23.1 Å². The number of H-pyrrole nitrogens is 1. The summed E-state index contributed by atoms with van der Waals surface area (Å²) in [6.45, 7) is 1.70. The lowest BCUT2D eigenvalue weighted by atomic mass is 9.78. The van der Waals surface area contributed by atoms with Crippen molar-refractivity contribution in [2.45, 2.75) is 25.0 Å². The zero-order valence-electron chi connectivity index (χ0n) is 15.4. The second kappa shape index (κ2) is 7.47. The number of nitrogens with zero attached hydrogens (tertiary/aromatic N) is 6. The number of benzene rings is 2. The number of nitrogens with one attached hydrogen (secondary N) is 1. The maximum Gasteiger partial charge on any atom is 0.204 e. The van der Waals surface area contributed by atoms with E-state index in [0.717, 1.165) is 23.3 Å². The molecule has 29 heavy (non-hydrogen) atoms. The molecule has 148 valence electrons. The first-order chi connectivity index (χ1) is 14.0. The van der Waals surface area contributed by atoms with Crippen LogP contribution in [-0.4, -0.2) is 40.5 Å². The van der Waals surface area contributed by atoms with Crippen molar-refractivity contribution in [2.24, 2.45) is 0 Å². The van der Waals surface area contributed by atoms with E-state index in [4.69, 9.17) is 0 Å². The Labute approximate surface area is 164 Å². The van der Waals surface area contributed by atoms with Gasteiger partial charge in [0.1, 0.15) is 29.9 Å². The van der Waals surface area contributed by atoms with Gasteiger partial charge in [-0.1, -0.05) is 37.3 Å². The first kappa shape index (κ1) is 18.8. The van der Waals surface area contributed by atoms with Gasteiger partial charge in [0.2, 0.25) is 5.82 Å². The van der Waals surface area contributed by atoms with Crippen LogP contribution in [0.2, 0.25) is 0 Å². The standard InChI is InChI=1S/C19H17F2N7O/c1-12(13-2-4-14(5-3-13)18-24-26-27-25-18)19(29,9-28-11-22-10-23-28)16-7-6-15(20)8-17(16)21/h2-8,10-12,29H,9H2,1H3,(H,24,25,26,27)/t12-,19+/m0/s1. The van der Waals surface area contributed by atoms with E-state index in [1.807, 2.05) is 0 Å². The highest BCUT2D eigenvalue weighted by atomic mass is 19.1. The number of hydrogen-bond donors (Lipinski definition) is 2. The minimum absolute atomic E-state index is 0.0239. The number of aromatic amines is 1. The van der Waals surface area contributed by atoms with Crippen LogP contribution in [0.15, 0.2) is 55.1 Å². The number of halogens is 2. The lowest BCUT2D eigenvalue weighted by Gasteiger charge is -2.35. The van der Waals surface area contributed by atoms with Gasteiger partial charge in [0.15, 0.2) is 0 Å². The van der Waals surface area contributed by atoms with E-state index >= 15 is 0 Å². The fourth-order valence-electron chi connectivity index (χ4n) is 3.34. The average Bonchev–Trinajstić information content (AvgIpc) is 3.41. The summed E-state index contributed by atoms with van der Waals surface area (Å²) in [7, 11) is 0. The molecular weight excluding hydrogens is 380 g/mol. The largest absolute Gasteiger partial charge is 0.382 e. The highest BCUT2D eigenvalue weighted by Crippen LogP contribution is 2.40. The molecule has 4 rings (SSSR count). The van der Waals surface area contributed by atoms with Crippen molar-refractivity contribution in [1.29, 1.82) is 0 Å². The number of tetrazole rings is 1. The third kappa shape index (κ3) is 3.61. The Hall–Kier alpha value is -3.53. The minimum atomic E-state index is -1.71. The Balaban J connectivity index is 1.74. The molecule has 2 aromatic carbocycles. The van der Waals surface area contributed by atoms with Crippen molar-refractivity contribution >= 4 is 0 Å². The molecule has 0 unspecified atom stereocenters. The molecule has 0 saturated heterocycles. The fraction of sp³-hybridized carbons (Fsp3) is 0.211. The molecule has 2 atom stereocenters. The van der Waals surface area contributed by atoms with Gasteiger partial charge in [0.25, 0.3) is 0 Å². The summed E-state index contributed by atoms with van der Waals surface area (Å²) in [5.74, 6) is -1.67. The lowest BCUT2D eigenvalue weighted by Crippen LogP contribution is -2.38. The van der Waals surface area contributed by atoms with Gasteiger partial charge in [0.05, 0.1) is 6.54 Å². The number of rotatable bonds is 6. The smallest absolute Gasteiger partial charge is 0.204 e. The van der Waals surface area contributed by atoms with Crippen LogP contribution >= 0.6 is 0 Å². The van der Waals surface area contributed by atoms with Crippen LogP contribution in [0.25, 0.3) is 11.4 Å². The number of hydrogen-bond acceptors (Lipinski definition) is 6. The van der Waals surface area contributed by atoms with E-state index in [0.29, 0.717) is 5.82 Å². The van der Waals surface area contributed by atoms with Crippen molar-refractivity contribution in [1.82, 2.24) is 35.4 Å². The summed E-state index contributed by atoms with van der Waals surface area (Å²) >= 11 is 0. The van der Waals surface area contributed by atoms with Crippen LogP contribution in [0.3, 0.4) is 0 Å². The van der Waals surface area contributed by atoms with Gasteiger partial charge in [-0.15, -0.1) is 10.2 Å². The highest BCUT2D eigenvalue weighted by Gasteiger charge is 2.40. The topological polar surface area (TPSA) is 105 Å². The second-order valence-electron chi connectivity index (χ2n) is 6.72. The molecule has 0 spiro atoms. The Morgan fingerprint density at radius 2 is 1.97 bits per heavy atom. The minimum Gasteiger partial charge on any atom is -0.382 e. The van der Waals surface area contributed by atoms with Crippen LogP contribution < -0.4 is 0 Å². The Bertz CT molecular complexity index is 1080. The molecular formula is C19H17F2N7O. The van der Waals surface area contributed by atoms with Crippen molar-refractivity contribution in [3.63, 3.8) is 0 Å². The van der Waals surface area contributed by atoms with Gasteiger partial charge in [-0.25, -0.2) is 18.4 Å². The maximum atomic E-state index is 14.6. The molecule has 0 saturated carbocycles. The molecule has 10 heteroatoms. The summed E-state index contributed by atoms with van der Waals surface area (Å²) in [4.78, 5) is 3.87. The van der Waals surface area contributed by atoms with Gasteiger partial charge in [-0.3, -0.25) is 0 Å². The molecule has 8 nitrogen and oxygen atoms in total. The molecule has 0 aliphatic heterocycles. The van der Waals surface area contributed by atoms with Crippen LogP contribution in [0.4, 0.5) is 8.78 Å². The summed E-state index contributed by atoms with van der Waals surface area (Å²) in [6, 6.07) is 10.3. The molecule has 2 heterocycles. The average molecular weight is 397 g/mol. The zero-order valence-corrected chi connectivity index (χ0v) is 15.4. The van der Waals surface area contributed by atoms with Crippen molar-refractivity contribution in [3.8, 4) is 11.4 Å². The Morgan fingerprint density at radius 3 is 2.59 bits per heavy atom. The third-order valence-corrected chi connectivity index (χ3v) is 5.00. The predicted molar refractivity (Wildman–Crippen MR) is 98.3 cm³/mol. The van der Waals surface area contributed by atoms with E-state index in [2.05, 4.69) is 30.7 Å². The predicted octanol–water partition coefficient (Wildman–Crippen LogP) is 2.43. The summed E-state index contributed by atoms with van der Waals surface area (Å²) in [6.07, 6.45) is 2.75. The molecule has 0 aliphatic carbocycles. The first-order valence-electron chi connectivity index (χ1n) is 8.81. The highest BCUT2D eigenvalue weighted by molar-refractivity contribution is 5.54. The van der Waals surface area contributed by atoms with Gasteiger partial charge >= 0.3 is 0 Å². The molecule has 0 radical (unpaired) electrons. The maximum absolute atomic E-state index is 14.6. The SMILES string of the molecule is C[C@@H](c1ccc(-c2nn[nH]n2)cc1)[C@](O)(Cn1cncn1)c1ccc(F)cc1F. The van der Waals surface area contributed by atoms with Crippen molar-refractivity contribution in [2.75, 3.05) is 0 Å². The molecule has 4 aromatic rings. The van der Waals surface area contributed by atoms with E-state index in [-0.39, 0.29) is 12.1 Å². The normalized spacial score (nSPS) is 14.5. The lowest BCUT2D eigenvalue weighted by molar-refractivity contribution is -0.0112. The van der Waals surface area contributed by atoms with E-state index in [1.54, 1.807) is 31.2 Å². The zero-order chi connectivity index (χ0) is 20.4. The van der Waals surface area contributed by atoms with Crippen LogP contribution in [0, 0.1) is 11.6 Å². The van der Waals surface area contributed by atoms with Crippen molar-refractivity contribution in [3.05, 3.63) is 77.9 Å². The number of aliphatic hydroxyl groups is 1. The molecule has 0 fully saturated rings. The monoisotopic (exact) mass is 397 g/mol. The van der Waals surface area contributed by atoms with Gasteiger partial charge in [-0.05, 0) is 16.8 Å². The first-order valence-corrected chi connectivity index (χ1v) is 8.81. The Kier molecular flexibility index (Phi) is 4.85. The summed E-state index contributed by atoms with van der Waals surface area (Å²) < 4.78 is 29.5. The molecule has 0 amide bonds. The van der Waals surface area contributed by atoms with Crippen LogP contribution in [0.5, 0.6) is 0 Å². The van der Waals surface area contributed by atoms with Crippen LogP contribution in [0.1, 0.15) is 24.0 Å². The van der Waals surface area contributed by atoms with E-state index < -0.39 is 23.2 Å². The summed E-state index contributed by atoms with van der Waals surface area (Å²) in [5.41, 5.74) is -0.255. The fourth-order valence-corrected chi connectivity index (χ4v) is 3.34. The Morgan fingerprint density at radius 1 is 1.17 bits per heavy atom. The van der Waals surface area contributed by atoms with Gasteiger partial charge < -0.3 is 5.11 Å². The molecule has 0 aliphatic rings. The van der Waals surface area contributed by atoms with Crippen molar-refractivity contribution < 1.29 is 13.9 Å². The molecule has 2 N–H and O–H groups in total. The quantitative estimate of drug-likeness (QED) is 0.518. The third-order valence-electron chi connectivity index (χ3n) is 5.00. The number of aromatic nitrogens is 7. The van der Waals surface area contributed by atoms with E-state index in [9.17, 15) is 13.9 Å². The molecule has 2 aromatic heterocycles. The summed E-state index contributed by atoms with van der Waals surface area (Å²) in [5, 5.41) is 29.4. The molecule has 0 bridgehead atoms. The van der Waals surface area contributed by atoms with Gasteiger partial charge in [-0.2, -0.15) is 10.3 Å².